The largest absolute Gasteiger partial charge is 0.379 e. The van der Waals surface area contributed by atoms with E-state index < -0.39 is 5.91 Å². The molecule has 0 aliphatic heterocycles. The summed E-state index contributed by atoms with van der Waals surface area (Å²) >= 11 is 10.6. The average molecular weight is 581 g/mol. The molecule has 0 radical (unpaired) electrons. The molecule has 3 unspecified atom stereocenters. The second-order valence-electron chi connectivity index (χ2n) is 10.8. The van der Waals surface area contributed by atoms with Crippen LogP contribution >= 0.6 is 24.4 Å². The summed E-state index contributed by atoms with van der Waals surface area (Å²) in [7, 11) is 1.72. The fourth-order valence-electron chi connectivity index (χ4n) is 5.50. The SMILES string of the molecule is COC1Cc2ccc(C(N)=O)cc2C(C)(C)C1NCC(Cc1ccccc1)N(S)C(=O)NCc1ccc(Cl)cc1. The molecule has 9 heteroatoms. The number of carbonyl (C=O) groups is 2. The van der Waals surface area contributed by atoms with Crippen molar-refractivity contribution >= 4 is 36.4 Å². The number of benzene rings is 3. The van der Waals surface area contributed by atoms with Gasteiger partial charge < -0.3 is 21.1 Å². The van der Waals surface area contributed by atoms with E-state index in [1.807, 2.05) is 54.6 Å². The third-order valence-corrected chi connectivity index (χ3v) is 8.52. The Morgan fingerprint density at radius 1 is 1.10 bits per heavy atom. The van der Waals surface area contributed by atoms with Gasteiger partial charge >= 0.3 is 6.03 Å². The molecule has 1 aliphatic rings. The highest BCUT2D eigenvalue weighted by atomic mass is 35.5. The molecule has 3 atom stereocenters. The standard InChI is InChI=1S/C31H37ClN4O3S/c1-31(2)26-16-23(29(33)37)12-11-22(26)17-27(39-3)28(31)34-19-25(15-20-7-5-4-6-8-20)36(40)30(38)35-18-21-9-13-24(32)14-10-21/h4-14,16,25,27-28,34,40H,15,17-19H2,1-3H3,(H2,33,37)(H,35,38). The molecule has 0 saturated heterocycles. The average Bonchev–Trinajstić information content (AvgIpc) is 2.95. The minimum atomic E-state index is -0.449. The molecule has 4 N–H and O–H groups in total. The molecule has 3 aromatic rings. The Hall–Kier alpha value is -3.04. The van der Waals surface area contributed by atoms with E-state index in [0.717, 1.165) is 22.3 Å². The number of nitrogens with zero attached hydrogens (tertiary/aromatic N) is 1. The maximum absolute atomic E-state index is 13.2. The molecule has 4 rings (SSSR count). The van der Waals surface area contributed by atoms with Crippen LogP contribution in [0.25, 0.3) is 0 Å². The highest BCUT2D eigenvalue weighted by Gasteiger charge is 2.43. The molecule has 0 bridgehead atoms. The molecule has 0 aromatic heterocycles. The van der Waals surface area contributed by atoms with Crippen molar-refractivity contribution in [3.8, 4) is 0 Å². The molecule has 7 nitrogen and oxygen atoms in total. The van der Waals surface area contributed by atoms with Crippen LogP contribution in [-0.2, 0) is 29.5 Å². The third-order valence-electron chi connectivity index (χ3n) is 7.76. The number of primary amides is 1. The van der Waals surface area contributed by atoms with Crippen LogP contribution in [0.4, 0.5) is 4.79 Å². The first-order chi connectivity index (χ1) is 19.1. The predicted octanol–water partition coefficient (Wildman–Crippen LogP) is 4.91. The Balaban J connectivity index is 1.53. The van der Waals surface area contributed by atoms with Gasteiger partial charge in [-0.05, 0) is 52.9 Å². The van der Waals surface area contributed by atoms with Crippen LogP contribution in [0.15, 0.2) is 72.8 Å². The van der Waals surface area contributed by atoms with Crippen LogP contribution in [0.1, 0.15) is 46.5 Å². The Labute approximate surface area is 247 Å². The van der Waals surface area contributed by atoms with Crippen LogP contribution in [0.5, 0.6) is 0 Å². The Kier molecular flexibility index (Phi) is 9.79. The van der Waals surface area contributed by atoms with E-state index in [1.165, 1.54) is 4.31 Å². The first-order valence-electron chi connectivity index (χ1n) is 13.3. The van der Waals surface area contributed by atoms with Gasteiger partial charge in [-0.1, -0.05) is 86.8 Å². The number of urea groups is 1. The van der Waals surface area contributed by atoms with Crippen LogP contribution in [0, 0.1) is 0 Å². The van der Waals surface area contributed by atoms with Crippen molar-refractivity contribution in [3.63, 3.8) is 0 Å². The van der Waals surface area contributed by atoms with Crippen molar-refractivity contribution in [2.24, 2.45) is 5.73 Å². The number of halogens is 1. The minimum absolute atomic E-state index is 0.0924. The zero-order valence-electron chi connectivity index (χ0n) is 23.1. The number of fused-ring (bicyclic) bond motifs is 1. The molecule has 3 amide bonds. The number of amides is 3. The molecule has 0 saturated carbocycles. The molecule has 212 valence electrons. The number of carbonyl (C=O) groups excluding carboxylic acids is 2. The molecular formula is C31H37ClN4O3S. The van der Waals surface area contributed by atoms with E-state index in [2.05, 4.69) is 37.3 Å². The highest BCUT2D eigenvalue weighted by molar-refractivity contribution is 7.78. The fourth-order valence-corrected chi connectivity index (χ4v) is 5.86. The van der Waals surface area contributed by atoms with Gasteiger partial charge in [-0.3, -0.25) is 9.10 Å². The second-order valence-corrected chi connectivity index (χ2v) is 11.7. The summed E-state index contributed by atoms with van der Waals surface area (Å²) in [5.41, 5.74) is 9.94. The van der Waals surface area contributed by atoms with Gasteiger partial charge in [-0.25, -0.2) is 4.79 Å². The van der Waals surface area contributed by atoms with Crippen LogP contribution in [0.2, 0.25) is 5.02 Å². The normalized spacial score (nSPS) is 18.4. The van der Waals surface area contributed by atoms with Crippen LogP contribution in [0.3, 0.4) is 0 Å². The topological polar surface area (TPSA) is 96.7 Å². The number of nitrogens with two attached hydrogens (primary N) is 1. The summed E-state index contributed by atoms with van der Waals surface area (Å²) in [5.74, 6) is -0.449. The zero-order valence-corrected chi connectivity index (χ0v) is 24.7. The quantitative estimate of drug-likeness (QED) is 0.256. The number of hydrogen-bond donors (Lipinski definition) is 4. The maximum atomic E-state index is 13.2. The Bertz CT molecular complexity index is 1320. The van der Waals surface area contributed by atoms with Gasteiger partial charge in [0.05, 0.1) is 12.1 Å². The summed E-state index contributed by atoms with van der Waals surface area (Å²) in [6, 6.07) is 22.4. The van der Waals surface area contributed by atoms with Gasteiger partial charge in [0, 0.05) is 48.7 Å². The van der Waals surface area contributed by atoms with E-state index in [0.29, 0.717) is 36.5 Å². The van der Waals surface area contributed by atoms with E-state index in [4.69, 9.17) is 22.1 Å². The summed E-state index contributed by atoms with van der Waals surface area (Å²) < 4.78 is 7.42. The number of nitrogens with one attached hydrogen (secondary N) is 2. The molecule has 0 spiro atoms. The van der Waals surface area contributed by atoms with E-state index in [9.17, 15) is 9.59 Å². The lowest BCUT2D eigenvalue weighted by Crippen LogP contribution is -2.59. The fraction of sp³-hybridized carbons (Fsp3) is 0.355. The second kappa shape index (κ2) is 13.1. The van der Waals surface area contributed by atoms with E-state index >= 15 is 0 Å². The van der Waals surface area contributed by atoms with Gasteiger partial charge in [-0.2, -0.15) is 0 Å². The lowest BCUT2D eigenvalue weighted by atomic mass is 9.67. The van der Waals surface area contributed by atoms with Crippen molar-refractivity contribution in [2.45, 2.75) is 56.8 Å². The van der Waals surface area contributed by atoms with Gasteiger partial charge in [0.15, 0.2) is 0 Å². The van der Waals surface area contributed by atoms with Crippen LogP contribution in [-0.4, -0.2) is 48.1 Å². The van der Waals surface area contributed by atoms with Gasteiger partial charge in [-0.15, -0.1) is 0 Å². The van der Waals surface area contributed by atoms with Crippen molar-refractivity contribution in [1.29, 1.82) is 0 Å². The van der Waals surface area contributed by atoms with Crippen molar-refractivity contribution in [2.75, 3.05) is 13.7 Å². The Morgan fingerprint density at radius 3 is 2.45 bits per heavy atom. The molecule has 1 aliphatic carbocycles. The van der Waals surface area contributed by atoms with E-state index in [1.54, 1.807) is 25.3 Å². The maximum Gasteiger partial charge on any atom is 0.327 e. The first kappa shape index (κ1) is 29.9. The number of thiol groups is 1. The third kappa shape index (κ3) is 6.99. The monoisotopic (exact) mass is 580 g/mol. The summed E-state index contributed by atoms with van der Waals surface area (Å²) in [6.45, 7) is 5.12. The molecular weight excluding hydrogens is 544 g/mol. The van der Waals surface area contributed by atoms with Crippen molar-refractivity contribution < 1.29 is 14.3 Å². The van der Waals surface area contributed by atoms with Crippen LogP contribution < -0.4 is 16.4 Å². The predicted molar refractivity (Wildman–Crippen MR) is 163 cm³/mol. The lowest BCUT2D eigenvalue weighted by molar-refractivity contribution is 0.0341. The highest BCUT2D eigenvalue weighted by Crippen LogP contribution is 2.39. The van der Waals surface area contributed by atoms with Gasteiger partial charge in [0.2, 0.25) is 5.91 Å². The Morgan fingerprint density at radius 2 is 1.80 bits per heavy atom. The summed E-state index contributed by atoms with van der Waals surface area (Å²) in [5, 5.41) is 7.32. The molecule has 3 aromatic carbocycles. The van der Waals surface area contributed by atoms with E-state index in [-0.39, 0.29) is 29.6 Å². The molecule has 0 fully saturated rings. The number of methoxy groups -OCH3 is 1. The minimum Gasteiger partial charge on any atom is -0.379 e. The summed E-state index contributed by atoms with van der Waals surface area (Å²) in [6.07, 6.45) is 1.20. The van der Waals surface area contributed by atoms with Gasteiger partial charge in [0.1, 0.15) is 0 Å². The molecule has 0 heterocycles. The zero-order chi connectivity index (χ0) is 28.9. The van der Waals surface area contributed by atoms with Crippen molar-refractivity contribution in [3.05, 3.63) is 106 Å². The number of hydrogen-bond acceptors (Lipinski definition) is 5. The number of ether oxygens (including phenoxy) is 1. The van der Waals surface area contributed by atoms with Crippen molar-refractivity contribution in [1.82, 2.24) is 14.9 Å². The van der Waals surface area contributed by atoms with Gasteiger partial charge in [0.25, 0.3) is 0 Å². The first-order valence-corrected chi connectivity index (χ1v) is 14.1. The molecule has 40 heavy (non-hydrogen) atoms. The lowest BCUT2D eigenvalue weighted by Gasteiger charge is -2.46. The summed E-state index contributed by atoms with van der Waals surface area (Å²) in [4.78, 5) is 25.1. The number of rotatable bonds is 10. The smallest absolute Gasteiger partial charge is 0.327 e.